The second-order valence-corrected chi connectivity index (χ2v) is 22.0. The van der Waals surface area contributed by atoms with Crippen LogP contribution >= 0.6 is 0 Å². The highest BCUT2D eigenvalue weighted by molar-refractivity contribution is 5.96. The van der Waals surface area contributed by atoms with Crippen molar-refractivity contribution in [1.29, 1.82) is 0 Å². The molecule has 0 aromatic heterocycles. The Kier molecular flexibility index (Phi) is 15.8. The molecule has 0 spiro atoms. The third-order valence-electron chi connectivity index (χ3n) is 12.7. The van der Waals surface area contributed by atoms with E-state index in [1.165, 1.54) is 11.1 Å². The van der Waals surface area contributed by atoms with E-state index in [1.54, 1.807) is 0 Å². The largest absolute Gasteiger partial charge is 0.493 e. The van der Waals surface area contributed by atoms with Crippen LogP contribution in [0.2, 0.25) is 0 Å². The number of ether oxygens (including phenoxy) is 5. The number of benzene rings is 4. The fourth-order valence-electron chi connectivity index (χ4n) is 8.79. The zero-order valence-corrected chi connectivity index (χ0v) is 42.8. The van der Waals surface area contributed by atoms with E-state index in [-0.39, 0.29) is 40.4 Å². The molecule has 1 aliphatic carbocycles. The molecule has 0 saturated carbocycles. The molecule has 6 nitrogen and oxygen atoms in total. The van der Waals surface area contributed by atoms with Gasteiger partial charge < -0.3 is 23.7 Å². The van der Waals surface area contributed by atoms with Crippen LogP contribution in [0, 0.1) is 11.7 Å². The second-order valence-electron chi connectivity index (χ2n) is 22.0. The van der Waals surface area contributed by atoms with Crippen LogP contribution in [0.3, 0.4) is 0 Å². The Bertz CT molecular complexity index is 2340. The molecule has 0 N–H and O–H groups in total. The van der Waals surface area contributed by atoms with Gasteiger partial charge in [-0.2, -0.15) is 0 Å². The first kappa shape index (κ1) is 49.9. The molecule has 2 aliphatic rings. The zero-order valence-electron chi connectivity index (χ0n) is 42.8. The van der Waals surface area contributed by atoms with E-state index < -0.39 is 0 Å². The van der Waals surface area contributed by atoms with E-state index >= 15 is 4.39 Å². The number of hydrogen-bond acceptors (Lipinski definition) is 6. The van der Waals surface area contributed by atoms with Crippen LogP contribution in [-0.2, 0) is 46.7 Å². The van der Waals surface area contributed by atoms with Crippen LogP contribution in [0.4, 0.5) is 4.39 Å². The molecule has 0 amide bonds. The standard InChI is InChI=1S/C58H80FNO5/c1-16-20-61-51-37-24-38-28-45(57(10,11)12)31-41(52(38)62-21-17-2)26-42-34-48(55-60-49(35-65-55)36(5)6)50(59)47(54(42)64-23-19-4)33-43-32-46(58(13,14)15)30-40(53(43)63-22-18-3)25-39(51)29-44(27-37)56(7,8)9/h27-32,34,36,49H,16-26,33,35H2,1-15H3/t49-/m1/s1. The van der Waals surface area contributed by atoms with Crippen molar-refractivity contribution in [3.8, 4) is 23.0 Å². The average molecular weight is 890 g/mol. The van der Waals surface area contributed by atoms with Gasteiger partial charge in [-0.3, -0.25) is 0 Å². The molecule has 1 heterocycles. The van der Waals surface area contributed by atoms with Crippen molar-refractivity contribution in [1.82, 2.24) is 0 Å². The normalized spacial score (nSPS) is 15.5. The van der Waals surface area contributed by atoms with E-state index in [2.05, 4.69) is 140 Å². The molecule has 354 valence electrons. The fraction of sp³-hybridized carbons (Fsp3) is 0.569. The van der Waals surface area contributed by atoms with Crippen molar-refractivity contribution in [3.05, 3.63) is 115 Å². The van der Waals surface area contributed by atoms with Crippen molar-refractivity contribution < 1.29 is 28.1 Å². The van der Waals surface area contributed by atoms with Gasteiger partial charge in [-0.25, -0.2) is 9.38 Å². The monoisotopic (exact) mass is 890 g/mol. The summed E-state index contributed by atoms with van der Waals surface area (Å²) in [6.07, 6.45) is 5.23. The van der Waals surface area contributed by atoms with Crippen LogP contribution in [0.1, 0.15) is 196 Å². The number of aliphatic imine (C=N–C) groups is 1. The predicted octanol–water partition coefficient (Wildman–Crippen LogP) is 14.4. The van der Waals surface area contributed by atoms with Gasteiger partial charge in [-0.15, -0.1) is 0 Å². The molecule has 0 fully saturated rings. The average Bonchev–Trinajstić information content (AvgIpc) is 3.73. The lowest BCUT2D eigenvalue weighted by molar-refractivity contribution is 0.290. The summed E-state index contributed by atoms with van der Waals surface area (Å²) in [6.45, 7) is 35.8. The maximum Gasteiger partial charge on any atom is 0.219 e. The molecule has 4 aromatic carbocycles. The van der Waals surface area contributed by atoms with E-state index in [0.717, 1.165) is 87.4 Å². The van der Waals surface area contributed by atoms with Gasteiger partial charge in [0.1, 0.15) is 35.4 Å². The first-order chi connectivity index (χ1) is 30.7. The number of halogens is 1. The minimum Gasteiger partial charge on any atom is -0.493 e. The Morgan fingerprint density at radius 3 is 1.15 bits per heavy atom. The summed E-state index contributed by atoms with van der Waals surface area (Å²) in [7, 11) is 0. The summed E-state index contributed by atoms with van der Waals surface area (Å²) in [4.78, 5) is 5.01. The topological polar surface area (TPSA) is 58.5 Å². The van der Waals surface area contributed by atoms with Crippen LogP contribution in [0.15, 0.2) is 47.5 Å². The van der Waals surface area contributed by atoms with Gasteiger partial charge in [0.05, 0.1) is 38.0 Å². The van der Waals surface area contributed by atoms with Crippen LogP contribution in [0.5, 0.6) is 23.0 Å². The second kappa shape index (κ2) is 20.6. The Labute approximate surface area is 392 Å². The highest BCUT2D eigenvalue weighted by Crippen LogP contribution is 2.44. The Morgan fingerprint density at radius 1 is 0.523 bits per heavy atom. The smallest absolute Gasteiger partial charge is 0.219 e. The molecule has 6 rings (SSSR count). The van der Waals surface area contributed by atoms with Crippen LogP contribution in [0.25, 0.3) is 0 Å². The molecule has 0 radical (unpaired) electrons. The molecule has 1 atom stereocenters. The molecule has 8 bridgehead atoms. The van der Waals surface area contributed by atoms with Gasteiger partial charge in [0.2, 0.25) is 5.90 Å². The molecule has 65 heavy (non-hydrogen) atoms. The number of rotatable bonds is 14. The molecule has 1 aliphatic heterocycles. The molecule has 4 aromatic rings. The molecular formula is C58H80FNO5. The summed E-state index contributed by atoms with van der Waals surface area (Å²) >= 11 is 0. The summed E-state index contributed by atoms with van der Waals surface area (Å²) in [5, 5.41) is 0. The zero-order chi connectivity index (χ0) is 47.4. The molecular weight excluding hydrogens is 810 g/mol. The van der Waals surface area contributed by atoms with Gasteiger partial charge in [0.15, 0.2) is 0 Å². The van der Waals surface area contributed by atoms with Gasteiger partial charge in [-0.05, 0) is 110 Å². The Morgan fingerprint density at radius 2 is 0.846 bits per heavy atom. The van der Waals surface area contributed by atoms with E-state index in [0.29, 0.717) is 75.1 Å². The van der Waals surface area contributed by atoms with E-state index in [4.69, 9.17) is 28.7 Å². The van der Waals surface area contributed by atoms with Crippen molar-refractivity contribution in [2.24, 2.45) is 10.9 Å². The van der Waals surface area contributed by atoms with Gasteiger partial charge in [-0.1, -0.05) is 140 Å². The molecule has 7 heteroatoms. The third-order valence-corrected chi connectivity index (χ3v) is 12.7. The minimum absolute atomic E-state index is 0.0555. The highest BCUT2D eigenvalue weighted by Gasteiger charge is 2.32. The first-order valence-electron chi connectivity index (χ1n) is 24.7. The fourth-order valence-corrected chi connectivity index (χ4v) is 8.79. The maximum absolute atomic E-state index is 18.1. The summed E-state index contributed by atoms with van der Waals surface area (Å²) in [5.74, 6) is 3.41. The Balaban J connectivity index is 1.81. The lowest BCUT2D eigenvalue weighted by Gasteiger charge is -2.29. The van der Waals surface area contributed by atoms with Crippen molar-refractivity contribution >= 4 is 5.90 Å². The number of hydrogen-bond donors (Lipinski definition) is 0. The third kappa shape index (κ3) is 11.5. The Hall–Kier alpha value is -4.52. The highest BCUT2D eigenvalue weighted by atomic mass is 19.1. The SMILES string of the molecule is CCCOc1c2cc(C(C)(C)C)cc1Cc1cc(C(C)(C)C)cc(c1OCCC)Cc1c(F)c(C3=N[C@@H](C(C)C)CO3)cc(c1OCCC)Cc1cc(C(C)(C)C)cc(c1OCCC)C2. The summed E-state index contributed by atoms with van der Waals surface area (Å²) in [5.41, 5.74) is 11.2. The predicted molar refractivity (Wildman–Crippen MR) is 267 cm³/mol. The number of fused-ring (bicyclic) bond motifs is 8. The van der Waals surface area contributed by atoms with Crippen LogP contribution in [-0.4, -0.2) is 45.0 Å². The van der Waals surface area contributed by atoms with Crippen molar-refractivity contribution in [2.75, 3.05) is 33.0 Å². The lowest BCUT2D eigenvalue weighted by atomic mass is 9.80. The van der Waals surface area contributed by atoms with E-state index in [9.17, 15) is 0 Å². The van der Waals surface area contributed by atoms with Gasteiger partial charge in [0.25, 0.3) is 0 Å². The van der Waals surface area contributed by atoms with E-state index in [1.807, 2.05) is 6.07 Å². The molecule has 0 unspecified atom stereocenters. The number of nitrogens with zero attached hydrogens (tertiary/aromatic N) is 1. The van der Waals surface area contributed by atoms with Crippen molar-refractivity contribution in [2.45, 2.75) is 178 Å². The minimum atomic E-state index is -0.363. The maximum atomic E-state index is 18.1. The molecule has 0 saturated heterocycles. The quantitative estimate of drug-likeness (QED) is 0.111. The van der Waals surface area contributed by atoms with Gasteiger partial charge >= 0.3 is 0 Å². The van der Waals surface area contributed by atoms with Crippen molar-refractivity contribution in [3.63, 3.8) is 0 Å². The summed E-state index contributed by atoms with van der Waals surface area (Å²) < 4.78 is 51.9. The van der Waals surface area contributed by atoms with Crippen LogP contribution < -0.4 is 18.9 Å². The lowest BCUT2D eigenvalue weighted by Crippen LogP contribution is -2.18. The first-order valence-corrected chi connectivity index (χ1v) is 24.7. The van der Waals surface area contributed by atoms with Gasteiger partial charge in [0, 0.05) is 31.2 Å². The summed E-state index contributed by atoms with van der Waals surface area (Å²) in [6, 6.07) is 15.8.